The maximum Gasteiger partial charge on any atom is 0.305 e. The van der Waals surface area contributed by atoms with Crippen LogP contribution < -0.4 is 0 Å². The van der Waals surface area contributed by atoms with Gasteiger partial charge in [-0.2, -0.15) is 0 Å². The van der Waals surface area contributed by atoms with E-state index in [0.717, 1.165) is 64.3 Å². The molecule has 0 bridgehead atoms. The standard InChI is InChI=1S/C20H30O5/c1-23-19(22)7-3-2-6-14-10-15-12-18(17(13-21)16(15)11-14)25-20-8-4-5-9-24-20/h10,13,15-18,20H,2-9,11-12H2,1H3/t15-,16-,17+,18+,20?/m0/s1. The number of hydrogen-bond donors (Lipinski definition) is 0. The van der Waals surface area contributed by atoms with Gasteiger partial charge in [0, 0.05) is 18.9 Å². The Morgan fingerprint density at radius 2 is 2.24 bits per heavy atom. The molecule has 0 spiro atoms. The van der Waals surface area contributed by atoms with Crippen molar-refractivity contribution in [2.24, 2.45) is 17.8 Å². The van der Waals surface area contributed by atoms with E-state index < -0.39 is 0 Å². The molecule has 1 saturated heterocycles. The van der Waals surface area contributed by atoms with E-state index in [-0.39, 0.29) is 24.3 Å². The lowest BCUT2D eigenvalue weighted by Gasteiger charge is -2.28. The number of hydrogen-bond acceptors (Lipinski definition) is 5. The van der Waals surface area contributed by atoms with Gasteiger partial charge in [0.25, 0.3) is 0 Å². The molecular weight excluding hydrogens is 320 g/mol. The van der Waals surface area contributed by atoms with Crippen molar-refractivity contribution in [3.05, 3.63) is 11.6 Å². The predicted molar refractivity (Wildman–Crippen MR) is 92.8 cm³/mol. The van der Waals surface area contributed by atoms with Gasteiger partial charge in [0.15, 0.2) is 6.29 Å². The van der Waals surface area contributed by atoms with Crippen LogP contribution in [0, 0.1) is 17.8 Å². The number of rotatable bonds is 8. The Labute approximate surface area is 150 Å². The molecule has 3 rings (SSSR count). The number of ether oxygens (including phenoxy) is 3. The van der Waals surface area contributed by atoms with Crippen LogP contribution in [0.1, 0.15) is 57.8 Å². The van der Waals surface area contributed by atoms with Crippen molar-refractivity contribution in [1.29, 1.82) is 0 Å². The minimum atomic E-state index is -0.136. The molecule has 1 aliphatic heterocycles. The first kappa shape index (κ1) is 18.6. The Morgan fingerprint density at radius 1 is 1.36 bits per heavy atom. The molecule has 0 amide bonds. The molecule has 0 aromatic heterocycles. The van der Waals surface area contributed by atoms with Gasteiger partial charge in [0.1, 0.15) is 6.29 Å². The van der Waals surface area contributed by atoms with Crippen molar-refractivity contribution in [1.82, 2.24) is 0 Å². The summed E-state index contributed by atoms with van der Waals surface area (Å²) in [4.78, 5) is 22.8. The lowest BCUT2D eigenvalue weighted by Crippen LogP contribution is -2.32. The second-order valence-corrected chi connectivity index (χ2v) is 7.56. The fourth-order valence-electron chi connectivity index (χ4n) is 4.57. The number of fused-ring (bicyclic) bond motifs is 1. The molecule has 2 aliphatic carbocycles. The first-order valence-electron chi connectivity index (χ1n) is 9.70. The van der Waals surface area contributed by atoms with Crippen LogP contribution >= 0.6 is 0 Å². The summed E-state index contributed by atoms with van der Waals surface area (Å²) >= 11 is 0. The lowest BCUT2D eigenvalue weighted by atomic mass is 9.90. The summed E-state index contributed by atoms with van der Waals surface area (Å²) in [5.74, 6) is 0.698. The minimum absolute atomic E-state index is 0.00715. The molecule has 3 aliphatic rings. The van der Waals surface area contributed by atoms with E-state index in [1.54, 1.807) is 0 Å². The van der Waals surface area contributed by atoms with Crippen molar-refractivity contribution in [2.75, 3.05) is 13.7 Å². The summed E-state index contributed by atoms with van der Waals surface area (Å²) in [6, 6.07) is 0. The topological polar surface area (TPSA) is 61.8 Å². The quantitative estimate of drug-likeness (QED) is 0.290. The Kier molecular flexibility index (Phi) is 6.65. The van der Waals surface area contributed by atoms with E-state index in [0.29, 0.717) is 18.3 Å². The zero-order chi connectivity index (χ0) is 17.6. The molecule has 1 heterocycles. The van der Waals surface area contributed by atoms with Crippen LogP contribution in [0.2, 0.25) is 0 Å². The fourth-order valence-corrected chi connectivity index (χ4v) is 4.57. The highest BCUT2D eigenvalue weighted by molar-refractivity contribution is 5.68. The maximum atomic E-state index is 11.7. The van der Waals surface area contributed by atoms with Gasteiger partial charge in [-0.25, -0.2) is 0 Å². The molecule has 5 nitrogen and oxygen atoms in total. The van der Waals surface area contributed by atoms with Crippen LogP contribution in [0.5, 0.6) is 0 Å². The number of methoxy groups -OCH3 is 1. The molecule has 5 heteroatoms. The molecule has 5 atom stereocenters. The molecule has 0 aromatic carbocycles. The summed E-state index contributed by atoms with van der Waals surface area (Å²) in [5, 5.41) is 0. The SMILES string of the molecule is COC(=O)CCCCC1=C[C@H]2C[C@@H](OC3CCCCO3)[C@H](C=O)[C@H]2C1. The van der Waals surface area contributed by atoms with Gasteiger partial charge >= 0.3 is 5.97 Å². The molecule has 1 unspecified atom stereocenters. The Balaban J connectivity index is 1.46. The Morgan fingerprint density at radius 3 is 2.96 bits per heavy atom. The second-order valence-electron chi connectivity index (χ2n) is 7.56. The molecule has 0 N–H and O–H groups in total. The minimum Gasteiger partial charge on any atom is -0.469 e. The van der Waals surface area contributed by atoms with Crippen molar-refractivity contribution < 1.29 is 23.8 Å². The number of carbonyl (C=O) groups excluding carboxylic acids is 2. The number of unbranched alkanes of at least 4 members (excludes halogenated alkanes) is 1. The molecule has 140 valence electrons. The summed E-state index contributed by atoms with van der Waals surface area (Å²) in [6.45, 7) is 0.769. The average Bonchev–Trinajstić information content (AvgIpc) is 3.16. The van der Waals surface area contributed by atoms with E-state index in [4.69, 9.17) is 9.47 Å². The third-order valence-corrected chi connectivity index (χ3v) is 5.90. The first-order chi connectivity index (χ1) is 12.2. The predicted octanol–water partition coefficient (Wildman–Crippen LogP) is 3.41. The number of allylic oxidation sites excluding steroid dienone is 2. The largest absolute Gasteiger partial charge is 0.469 e. The van der Waals surface area contributed by atoms with Crippen LogP contribution in [0.15, 0.2) is 11.6 Å². The monoisotopic (exact) mass is 350 g/mol. The van der Waals surface area contributed by atoms with Crippen LogP contribution in [0.25, 0.3) is 0 Å². The van der Waals surface area contributed by atoms with E-state index in [1.807, 2.05) is 0 Å². The highest BCUT2D eigenvalue weighted by atomic mass is 16.7. The summed E-state index contributed by atoms with van der Waals surface area (Å²) < 4.78 is 16.5. The smallest absolute Gasteiger partial charge is 0.305 e. The van der Waals surface area contributed by atoms with Gasteiger partial charge in [-0.3, -0.25) is 4.79 Å². The highest BCUT2D eigenvalue weighted by Crippen LogP contribution is 2.48. The van der Waals surface area contributed by atoms with E-state index in [1.165, 1.54) is 12.7 Å². The lowest BCUT2D eigenvalue weighted by molar-refractivity contribution is -0.194. The fraction of sp³-hybridized carbons (Fsp3) is 0.800. The summed E-state index contributed by atoms with van der Waals surface area (Å²) in [5.41, 5.74) is 1.44. The highest BCUT2D eigenvalue weighted by Gasteiger charge is 2.46. The van der Waals surface area contributed by atoms with Crippen LogP contribution in [-0.2, 0) is 23.8 Å². The van der Waals surface area contributed by atoms with Crippen LogP contribution in [0.3, 0.4) is 0 Å². The number of carbonyl (C=O) groups is 2. The third kappa shape index (κ3) is 4.70. The summed E-state index contributed by atoms with van der Waals surface area (Å²) in [6.07, 6.45) is 11.9. The second kappa shape index (κ2) is 8.95. The maximum absolute atomic E-state index is 11.7. The third-order valence-electron chi connectivity index (χ3n) is 5.90. The first-order valence-corrected chi connectivity index (χ1v) is 9.70. The van der Waals surface area contributed by atoms with Gasteiger partial charge in [-0.05, 0) is 63.2 Å². The molecule has 0 aromatic rings. The van der Waals surface area contributed by atoms with Gasteiger partial charge in [-0.1, -0.05) is 11.6 Å². The Hall–Kier alpha value is -1.20. The van der Waals surface area contributed by atoms with Gasteiger partial charge in [0.2, 0.25) is 0 Å². The molecule has 1 saturated carbocycles. The zero-order valence-corrected chi connectivity index (χ0v) is 15.2. The Bertz CT molecular complexity index is 494. The molecule has 2 fully saturated rings. The van der Waals surface area contributed by atoms with Crippen LogP contribution in [0.4, 0.5) is 0 Å². The van der Waals surface area contributed by atoms with Crippen molar-refractivity contribution >= 4 is 12.3 Å². The number of esters is 1. The van der Waals surface area contributed by atoms with E-state index in [2.05, 4.69) is 10.8 Å². The molecule has 25 heavy (non-hydrogen) atoms. The van der Waals surface area contributed by atoms with E-state index >= 15 is 0 Å². The molecular formula is C20H30O5. The normalized spacial score (nSPS) is 34.4. The van der Waals surface area contributed by atoms with Crippen LogP contribution in [-0.4, -0.2) is 38.4 Å². The van der Waals surface area contributed by atoms with E-state index in [9.17, 15) is 9.59 Å². The van der Waals surface area contributed by atoms with Crippen molar-refractivity contribution in [3.63, 3.8) is 0 Å². The number of aldehydes is 1. The van der Waals surface area contributed by atoms with Crippen molar-refractivity contribution in [2.45, 2.75) is 70.2 Å². The zero-order valence-electron chi connectivity index (χ0n) is 15.2. The van der Waals surface area contributed by atoms with Gasteiger partial charge in [-0.15, -0.1) is 0 Å². The van der Waals surface area contributed by atoms with Gasteiger partial charge < -0.3 is 19.0 Å². The van der Waals surface area contributed by atoms with Crippen molar-refractivity contribution in [3.8, 4) is 0 Å². The van der Waals surface area contributed by atoms with Gasteiger partial charge in [0.05, 0.1) is 13.2 Å². The molecule has 0 radical (unpaired) electrons. The summed E-state index contributed by atoms with van der Waals surface area (Å²) in [7, 11) is 1.43. The average molecular weight is 350 g/mol.